The molecule has 0 radical (unpaired) electrons. The first-order valence-corrected chi connectivity index (χ1v) is 11.6. The summed E-state index contributed by atoms with van der Waals surface area (Å²) in [5.74, 6) is -0.0636. The maximum Gasteiger partial charge on any atom is 0.233 e. The molecule has 37 heavy (non-hydrogen) atoms. The van der Waals surface area contributed by atoms with Crippen molar-refractivity contribution in [2.24, 2.45) is 7.05 Å². The molecule has 0 amide bonds. The van der Waals surface area contributed by atoms with Gasteiger partial charge in [-0.1, -0.05) is 0 Å². The Morgan fingerprint density at radius 3 is 2.35 bits per heavy atom. The SMILES string of the molecule is Cl.Cl.Cn1cc2cc(-c3cnc(-c4ccc(OC5CC(C)(C)NC(C)(C)C5)nn4)c(O)c3)cc(F)c2n1. The quantitative estimate of drug-likeness (QED) is 0.349. The van der Waals surface area contributed by atoms with E-state index < -0.39 is 5.82 Å². The van der Waals surface area contributed by atoms with Gasteiger partial charge < -0.3 is 15.2 Å². The smallest absolute Gasteiger partial charge is 0.233 e. The number of benzene rings is 1. The average Bonchev–Trinajstić information content (AvgIpc) is 3.13. The zero-order chi connectivity index (χ0) is 25.0. The van der Waals surface area contributed by atoms with Gasteiger partial charge in [-0.15, -0.1) is 35.0 Å². The molecule has 11 heteroatoms. The lowest BCUT2D eigenvalue weighted by molar-refractivity contribution is 0.0524. The molecule has 0 spiro atoms. The van der Waals surface area contributed by atoms with Crippen LogP contribution in [0.3, 0.4) is 0 Å². The normalized spacial score (nSPS) is 16.6. The van der Waals surface area contributed by atoms with E-state index in [1.807, 2.05) is 6.07 Å². The first-order chi connectivity index (χ1) is 16.5. The minimum absolute atomic E-state index is 0. The number of aromatic hydroxyl groups is 1. The van der Waals surface area contributed by atoms with Crippen LogP contribution in [0.5, 0.6) is 11.6 Å². The van der Waals surface area contributed by atoms with Crippen molar-refractivity contribution in [2.75, 3.05) is 0 Å². The second-order valence-electron chi connectivity index (χ2n) is 10.6. The molecule has 0 saturated carbocycles. The largest absolute Gasteiger partial charge is 0.506 e. The van der Waals surface area contributed by atoms with Crippen LogP contribution >= 0.6 is 24.8 Å². The second kappa shape index (κ2) is 10.4. The number of hydrogen-bond donors (Lipinski definition) is 2. The fourth-order valence-electron chi connectivity index (χ4n) is 5.18. The Labute approximate surface area is 227 Å². The standard InChI is InChI=1S/C26H29FN6O2.2ClH/c1-25(2)11-18(12-26(3,4)32-25)35-22-7-6-20(29-30-22)24-21(34)10-16(13-28-24)15-8-17-14-33(5)31-23(17)19(27)9-15;;/h6-10,13-14,18,32,34H,11-12H2,1-5H3;2*1H. The molecule has 4 heterocycles. The lowest BCUT2D eigenvalue weighted by Crippen LogP contribution is -2.60. The van der Waals surface area contributed by atoms with Crippen LogP contribution in [0.1, 0.15) is 40.5 Å². The molecule has 0 bridgehead atoms. The van der Waals surface area contributed by atoms with E-state index in [1.54, 1.807) is 42.3 Å². The summed E-state index contributed by atoms with van der Waals surface area (Å²) in [6.45, 7) is 8.67. The third-order valence-electron chi connectivity index (χ3n) is 6.20. The van der Waals surface area contributed by atoms with Crippen LogP contribution in [-0.2, 0) is 7.05 Å². The maximum atomic E-state index is 14.5. The van der Waals surface area contributed by atoms with E-state index >= 15 is 0 Å². The lowest BCUT2D eigenvalue weighted by Gasteiger charge is -2.46. The Kier molecular flexibility index (Phi) is 8.02. The van der Waals surface area contributed by atoms with Crippen LogP contribution in [0.4, 0.5) is 4.39 Å². The number of ether oxygens (including phenoxy) is 1. The molecule has 1 aliphatic heterocycles. The van der Waals surface area contributed by atoms with Crippen molar-refractivity contribution in [3.8, 4) is 34.1 Å². The molecule has 1 fully saturated rings. The number of aromatic nitrogens is 5. The zero-order valence-electron chi connectivity index (χ0n) is 21.3. The highest BCUT2D eigenvalue weighted by atomic mass is 35.5. The van der Waals surface area contributed by atoms with Crippen LogP contribution < -0.4 is 10.1 Å². The molecular formula is C26H31Cl2FN6O2. The van der Waals surface area contributed by atoms with Crippen LogP contribution in [0, 0.1) is 5.82 Å². The number of piperidine rings is 1. The Balaban J connectivity index is 0.00000190. The topological polar surface area (TPSA) is 98.0 Å². The number of nitrogens with zero attached hydrogens (tertiary/aromatic N) is 5. The number of hydrogen-bond acceptors (Lipinski definition) is 7. The van der Waals surface area contributed by atoms with Gasteiger partial charge in [0.15, 0.2) is 5.82 Å². The first-order valence-electron chi connectivity index (χ1n) is 11.6. The number of halogens is 3. The molecule has 0 atom stereocenters. The summed E-state index contributed by atoms with van der Waals surface area (Å²) in [5.41, 5.74) is 2.11. The Hall–Kier alpha value is -3.01. The molecule has 4 aromatic rings. The van der Waals surface area contributed by atoms with Crippen LogP contribution in [0.15, 0.2) is 42.7 Å². The van der Waals surface area contributed by atoms with Crippen molar-refractivity contribution in [3.05, 3.63) is 48.5 Å². The number of nitrogens with one attached hydrogen (secondary N) is 1. The van der Waals surface area contributed by atoms with Gasteiger partial charge in [0.05, 0.1) is 0 Å². The van der Waals surface area contributed by atoms with E-state index in [0.29, 0.717) is 39.3 Å². The van der Waals surface area contributed by atoms with E-state index in [4.69, 9.17) is 4.74 Å². The zero-order valence-corrected chi connectivity index (χ0v) is 23.0. The van der Waals surface area contributed by atoms with Gasteiger partial charge in [0.2, 0.25) is 5.88 Å². The van der Waals surface area contributed by atoms with Gasteiger partial charge in [-0.25, -0.2) is 9.37 Å². The minimum Gasteiger partial charge on any atom is -0.506 e. The van der Waals surface area contributed by atoms with E-state index in [1.165, 1.54) is 6.07 Å². The van der Waals surface area contributed by atoms with Gasteiger partial charge in [-0.05, 0) is 57.5 Å². The number of rotatable bonds is 4. The molecule has 5 rings (SSSR count). The third kappa shape index (κ3) is 6.11. The summed E-state index contributed by atoms with van der Waals surface area (Å²) in [4.78, 5) is 4.38. The van der Waals surface area contributed by atoms with Gasteiger partial charge in [0, 0.05) is 60.4 Å². The predicted molar refractivity (Wildman–Crippen MR) is 146 cm³/mol. The monoisotopic (exact) mass is 548 g/mol. The van der Waals surface area contributed by atoms with Crippen molar-refractivity contribution in [1.82, 2.24) is 30.3 Å². The van der Waals surface area contributed by atoms with E-state index in [-0.39, 0.29) is 47.7 Å². The van der Waals surface area contributed by atoms with Crippen molar-refractivity contribution >= 4 is 35.7 Å². The van der Waals surface area contributed by atoms with E-state index in [2.05, 4.69) is 53.3 Å². The number of aryl methyl sites for hydroxylation is 1. The average molecular weight is 549 g/mol. The Morgan fingerprint density at radius 2 is 1.73 bits per heavy atom. The highest BCUT2D eigenvalue weighted by Crippen LogP contribution is 2.34. The van der Waals surface area contributed by atoms with Crippen molar-refractivity contribution < 1.29 is 14.2 Å². The van der Waals surface area contributed by atoms with Crippen molar-refractivity contribution in [3.63, 3.8) is 0 Å². The summed E-state index contributed by atoms with van der Waals surface area (Å²) < 4.78 is 22.2. The fourth-order valence-corrected chi connectivity index (χ4v) is 5.18. The summed E-state index contributed by atoms with van der Waals surface area (Å²) in [6, 6.07) is 8.22. The number of pyridine rings is 1. The summed E-state index contributed by atoms with van der Waals surface area (Å²) in [7, 11) is 1.74. The molecule has 1 aromatic carbocycles. The Morgan fingerprint density at radius 1 is 1.03 bits per heavy atom. The minimum atomic E-state index is -0.427. The lowest BCUT2D eigenvalue weighted by atomic mass is 9.81. The first kappa shape index (κ1) is 28.6. The van der Waals surface area contributed by atoms with Gasteiger partial charge in [0.25, 0.3) is 0 Å². The molecular weight excluding hydrogens is 518 g/mol. The Bertz CT molecular complexity index is 1390. The van der Waals surface area contributed by atoms with Gasteiger partial charge in [-0.3, -0.25) is 4.68 Å². The highest BCUT2D eigenvalue weighted by molar-refractivity contribution is 5.86. The molecule has 198 valence electrons. The van der Waals surface area contributed by atoms with Crippen molar-refractivity contribution in [1.29, 1.82) is 0 Å². The maximum absolute atomic E-state index is 14.5. The van der Waals surface area contributed by atoms with Crippen LogP contribution in [0.25, 0.3) is 33.4 Å². The van der Waals surface area contributed by atoms with Gasteiger partial charge in [0.1, 0.15) is 28.8 Å². The second-order valence-corrected chi connectivity index (χ2v) is 10.6. The highest BCUT2D eigenvalue weighted by Gasteiger charge is 2.38. The fraction of sp³-hybridized carbons (Fsp3) is 0.385. The molecule has 0 unspecified atom stereocenters. The predicted octanol–water partition coefficient (Wildman–Crippen LogP) is 5.47. The third-order valence-corrected chi connectivity index (χ3v) is 6.20. The van der Waals surface area contributed by atoms with Gasteiger partial charge in [-0.2, -0.15) is 5.10 Å². The van der Waals surface area contributed by atoms with E-state index in [9.17, 15) is 9.50 Å². The van der Waals surface area contributed by atoms with Crippen molar-refractivity contribution in [2.45, 2.75) is 57.7 Å². The molecule has 3 aromatic heterocycles. The van der Waals surface area contributed by atoms with Gasteiger partial charge >= 0.3 is 0 Å². The summed E-state index contributed by atoms with van der Waals surface area (Å²) in [5, 5.41) is 27.5. The summed E-state index contributed by atoms with van der Waals surface area (Å²) in [6.07, 6.45) is 5.06. The molecule has 2 N–H and O–H groups in total. The van der Waals surface area contributed by atoms with Crippen LogP contribution in [-0.4, -0.2) is 47.3 Å². The molecule has 1 aliphatic rings. The van der Waals surface area contributed by atoms with E-state index in [0.717, 1.165) is 12.8 Å². The van der Waals surface area contributed by atoms with Crippen LogP contribution in [0.2, 0.25) is 0 Å². The molecule has 0 aliphatic carbocycles. The molecule has 1 saturated heterocycles. The molecule has 8 nitrogen and oxygen atoms in total. The summed E-state index contributed by atoms with van der Waals surface area (Å²) >= 11 is 0. The number of fused-ring (bicyclic) bond motifs is 1.